The number of rotatable bonds is 11. The molecule has 0 bridgehead atoms. The second-order valence-corrected chi connectivity index (χ2v) is 27.0. The highest BCUT2D eigenvalue weighted by atomic mass is 16.5. The first-order valence-corrected chi connectivity index (χ1v) is 31.8. The molecule has 0 aromatic heterocycles. The van der Waals surface area contributed by atoms with E-state index in [0.717, 1.165) is 66.2 Å². The predicted octanol–water partition coefficient (Wildman–Crippen LogP) is 17.7. The van der Waals surface area contributed by atoms with Crippen molar-refractivity contribution in [3.63, 3.8) is 0 Å². The average molecular weight is 982 g/mol. The fraction of sp³-hybridized carbons (Fsp3) is 0.686. The van der Waals surface area contributed by atoms with Gasteiger partial charge < -0.3 is 9.64 Å². The maximum Gasteiger partial charge on any atom is 0.119 e. The Balaban J connectivity index is 0.786. The summed E-state index contributed by atoms with van der Waals surface area (Å²) in [6.07, 6.45) is 69.1. The number of fused-ring (bicyclic) bond motifs is 5. The van der Waals surface area contributed by atoms with Crippen molar-refractivity contribution in [3.05, 3.63) is 126 Å². The van der Waals surface area contributed by atoms with Crippen molar-refractivity contribution in [2.75, 3.05) is 0 Å². The van der Waals surface area contributed by atoms with Crippen LogP contribution in [0.3, 0.4) is 0 Å². The molecule has 11 aliphatic carbocycles. The Labute approximate surface area is 444 Å². The fourth-order valence-electron chi connectivity index (χ4n) is 20.1. The summed E-state index contributed by atoms with van der Waals surface area (Å²) < 4.78 is 6.82. The van der Waals surface area contributed by atoms with Crippen LogP contribution in [0, 0.1) is 59.2 Å². The lowest BCUT2D eigenvalue weighted by Gasteiger charge is -2.52. The van der Waals surface area contributed by atoms with Crippen molar-refractivity contribution in [1.29, 1.82) is 0 Å². The first kappa shape index (κ1) is 49.3. The minimum absolute atomic E-state index is 0.0844. The predicted molar refractivity (Wildman–Crippen MR) is 304 cm³/mol. The van der Waals surface area contributed by atoms with Crippen molar-refractivity contribution in [1.82, 2.24) is 9.80 Å². The number of nitrogens with zero attached hydrogens (tertiary/aromatic N) is 2. The van der Waals surface area contributed by atoms with Crippen LogP contribution in [0.2, 0.25) is 0 Å². The Bertz CT molecular complexity index is 2320. The zero-order chi connectivity index (χ0) is 48.9. The summed E-state index contributed by atoms with van der Waals surface area (Å²) in [6.45, 7) is 6.70. The highest BCUT2D eigenvalue weighted by Crippen LogP contribution is 2.65. The molecule has 0 N–H and O–H groups in total. The summed E-state index contributed by atoms with van der Waals surface area (Å²) in [6, 6.07) is 13.5. The molecular weight excluding hydrogens is 885 g/mol. The largest absolute Gasteiger partial charge is 0.490 e. The molecule has 0 radical (unpaired) electrons. The SMILES string of the molecule is C=CC1CCC(Oc2ccc(C3(C4CCCC(C)C4)C4=C(C=CC(N(C5=CCC(C6CC=CCC6)CC5)C5CCC(C6CCC7C(C6)C6=CC=CCC6N7C6CCCCC6)CC5)C4)C4C=CCCC43)cc2)CC1. The second-order valence-electron chi connectivity index (χ2n) is 27.0. The van der Waals surface area contributed by atoms with Gasteiger partial charge >= 0.3 is 0 Å². The third-order valence-corrected chi connectivity index (χ3v) is 23.5. The molecule has 392 valence electrons. The molecule has 73 heavy (non-hydrogen) atoms. The molecular formula is C70H96N2O. The summed E-state index contributed by atoms with van der Waals surface area (Å²) in [5.74, 6) is 8.78. The molecule has 12 aliphatic rings. The van der Waals surface area contributed by atoms with Gasteiger partial charge in [0.05, 0.1) is 12.1 Å². The van der Waals surface area contributed by atoms with Gasteiger partial charge in [0.1, 0.15) is 5.75 Å². The van der Waals surface area contributed by atoms with Crippen LogP contribution in [0.15, 0.2) is 120 Å². The van der Waals surface area contributed by atoms with Gasteiger partial charge in [0.2, 0.25) is 0 Å². The number of benzene rings is 1. The van der Waals surface area contributed by atoms with Crippen molar-refractivity contribution >= 4 is 0 Å². The van der Waals surface area contributed by atoms with Crippen molar-refractivity contribution in [2.24, 2.45) is 59.2 Å². The number of hydrogen-bond donors (Lipinski definition) is 0. The normalized spacial score (nSPS) is 41.8. The van der Waals surface area contributed by atoms with Crippen LogP contribution in [0.25, 0.3) is 0 Å². The van der Waals surface area contributed by atoms with Crippen molar-refractivity contribution in [2.45, 2.75) is 241 Å². The van der Waals surface area contributed by atoms with E-state index in [1.165, 1.54) is 180 Å². The standard InChI is InChI=1S/C70H96N2O/c1-3-49-25-39-60(40-26-49)73-61-41-32-54(33-42-61)70(55-18-14-15-48(2)45-55)66-23-12-10-21-62(66)63-43-38-59(47-67(63)70)71(57-34-27-51(28-35-57)50-16-6-4-7-17-50)58-36-29-52(30-37-58)53-31-44-69-65(46-53)64-22-11-13-24-68(64)72(69)56-19-8-5-9-20-56/h3-4,6,10-11,13,21-22,32-34,38,41-43,48-53,55-56,58-60,62,65-66,68-69H,1,5,7-9,12,14-20,23-31,35-37,39-40,44-47H2,2H3. The molecule has 3 nitrogen and oxygen atoms in total. The molecule has 5 saturated carbocycles. The monoisotopic (exact) mass is 981 g/mol. The van der Waals surface area contributed by atoms with Crippen LogP contribution < -0.4 is 4.74 Å². The molecule has 1 aromatic rings. The Hall–Kier alpha value is -3.30. The smallest absolute Gasteiger partial charge is 0.119 e. The Kier molecular flexibility index (Phi) is 14.6. The molecule has 6 fully saturated rings. The topological polar surface area (TPSA) is 15.7 Å². The lowest BCUT2D eigenvalue weighted by molar-refractivity contribution is 0.0466. The van der Waals surface area contributed by atoms with E-state index in [1.807, 2.05) is 11.1 Å². The van der Waals surface area contributed by atoms with Gasteiger partial charge in [-0.2, -0.15) is 0 Å². The van der Waals surface area contributed by atoms with E-state index in [9.17, 15) is 0 Å². The molecule has 12 unspecified atom stereocenters. The van der Waals surface area contributed by atoms with E-state index in [4.69, 9.17) is 4.74 Å². The van der Waals surface area contributed by atoms with Crippen LogP contribution in [0.4, 0.5) is 0 Å². The van der Waals surface area contributed by atoms with E-state index in [2.05, 4.69) is 114 Å². The van der Waals surface area contributed by atoms with Gasteiger partial charge in [-0.25, -0.2) is 0 Å². The zero-order valence-corrected chi connectivity index (χ0v) is 45.6. The lowest BCUT2D eigenvalue weighted by Crippen LogP contribution is -2.49. The Morgan fingerprint density at radius 2 is 1.52 bits per heavy atom. The molecule has 0 amide bonds. The van der Waals surface area contributed by atoms with Crippen LogP contribution >= 0.6 is 0 Å². The molecule has 1 saturated heterocycles. The number of allylic oxidation sites excluding steroid dienone is 11. The van der Waals surface area contributed by atoms with Gasteiger partial charge in [0.15, 0.2) is 0 Å². The number of likely N-dealkylation sites (tertiary alicyclic amines) is 1. The summed E-state index contributed by atoms with van der Waals surface area (Å²) in [5, 5.41) is 0. The minimum Gasteiger partial charge on any atom is -0.490 e. The van der Waals surface area contributed by atoms with Gasteiger partial charge in [-0.3, -0.25) is 4.90 Å². The summed E-state index contributed by atoms with van der Waals surface area (Å²) in [5.41, 5.74) is 8.87. The average Bonchev–Trinajstić information content (AvgIpc) is 3.95. The number of hydrogen-bond acceptors (Lipinski definition) is 3. The van der Waals surface area contributed by atoms with Crippen molar-refractivity contribution in [3.8, 4) is 5.75 Å². The van der Waals surface area contributed by atoms with Gasteiger partial charge in [0.25, 0.3) is 0 Å². The van der Waals surface area contributed by atoms with Gasteiger partial charge in [0, 0.05) is 41.2 Å². The Morgan fingerprint density at radius 3 is 2.30 bits per heavy atom. The quantitative estimate of drug-likeness (QED) is 0.206. The third kappa shape index (κ3) is 9.36. The van der Waals surface area contributed by atoms with Gasteiger partial charge in [-0.05, 0) is 243 Å². The highest BCUT2D eigenvalue weighted by molar-refractivity contribution is 5.55. The van der Waals surface area contributed by atoms with Gasteiger partial charge in [-0.15, -0.1) is 6.58 Å². The first-order valence-electron chi connectivity index (χ1n) is 31.8. The molecule has 12 atom stereocenters. The number of ether oxygens (including phenoxy) is 1. The zero-order valence-electron chi connectivity index (χ0n) is 45.6. The molecule has 3 heteroatoms. The van der Waals surface area contributed by atoms with E-state index in [-0.39, 0.29) is 5.41 Å². The molecule has 1 aromatic carbocycles. The lowest BCUT2D eigenvalue weighted by atomic mass is 9.53. The van der Waals surface area contributed by atoms with Crippen LogP contribution in [0.5, 0.6) is 5.75 Å². The summed E-state index contributed by atoms with van der Waals surface area (Å²) in [4.78, 5) is 6.30. The Morgan fingerprint density at radius 1 is 0.699 bits per heavy atom. The molecule has 13 rings (SSSR count). The van der Waals surface area contributed by atoms with Gasteiger partial charge in [-0.1, -0.05) is 124 Å². The van der Waals surface area contributed by atoms with Crippen LogP contribution in [-0.2, 0) is 5.41 Å². The molecule has 0 spiro atoms. The van der Waals surface area contributed by atoms with Crippen LogP contribution in [0.1, 0.15) is 205 Å². The van der Waals surface area contributed by atoms with E-state index in [0.29, 0.717) is 47.9 Å². The first-order chi connectivity index (χ1) is 36.0. The maximum absolute atomic E-state index is 6.82. The minimum atomic E-state index is 0.0844. The molecule has 1 aliphatic heterocycles. The van der Waals surface area contributed by atoms with Crippen LogP contribution in [-0.4, -0.2) is 46.1 Å². The molecule has 1 heterocycles. The highest BCUT2D eigenvalue weighted by Gasteiger charge is 2.59. The fourth-order valence-corrected chi connectivity index (χ4v) is 20.1. The second kappa shape index (κ2) is 21.6. The summed E-state index contributed by atoms with van der Waals surface area (Å²) in [7, 11) is 0. The van der Waals surface area contributed by atoms with E-state index in [1.54, 1.807) is 16.8 Å². The van der Waals surface area contributed by atoms with E-state index < -0.39 is 0 Å². The van der Waals surface area contributed by atoms with Crippen molar-refractivity contribution < 1.29 is 4.74 Å². The third-order valence-electron chi connectivity index (χ3n) is 23.5. The summed E-state index contributed by atoms with van der Waals surface area (Å²) >= 11 is 0. The maximum atomic E-state index is 6.82. The van der Waals surface area contributed by atoms with E-state index >= 15 is 0 Å².